The molecule has 2 aliphatic rings. The number of nitrogens with zero attached hydrogens (tertiary/aromatic N) is 1. The average molecular weight is 402 g/mol. The predicted octanol–water partition coefficient (Wildman–Crippen LogP) is 2.68. The molecule has 1 N–H and O–H groups in total. The van der Waals surface area contributed by atoms with Crippen LogP contribution in [0.3, 0.4) is 0 Å². The molecule has 1 aliphatic heterocycles. The lowest BCUT2D eigenvalue weighted by Crippen LogP contribution is -2.58. The molecule has 7 heteroatoms. The van der Waals surface area contributed by atoms with Gasteiger partial charge in [0.2, 0.25) is 5.91 Å². The van der Waals surface area contributed by atoms with Crippen LogP contribution in [0, 0.1) is 0 Å². The van der Waals surface area contributed by atoms with E-state index in [4.69, 9.17) is 9.47 Å². The van der Waals surface area contributed by atoms with Crippen LogP contribution in [0.15, 0.2) is 24.3 Å². The van der Waals surface area contributed by atoms with Gasteiger partial charge in [-0.05, 0) is 50.3 Å². The first-order chi connectivity index (χ1) is 14.1. The van der Waals surface area contributed by atoms with E-state index < -0.39 is 12.0 Å². The van der Waals surface area contributed by atoms with Crippen molar-refractivity contribution in [2.45, 2.75) is 64.0 Å². The fraction of sp³-hybridized carbons (Fsp3) is 0.591. The number of nitrogens with one attached hydrogen (secondary N) is 1. The maximum absolute atomic E-state index is 13.1. The summed E-state index contributed by atoms with van der Waals surface area (Å²) in [5.74, 6) is -0.398. The van der Waals surface area contributed by atoms with E-state index in [9.17, 15) is 14.4 Å². The topological polar surface area (TPSA) is 84.9 Å². The summed E-state index contributed by atoms with van der Waals surface area (Å²) in [6.07, 6.45) is 5.70. The second-order valence-electron chi connectivity index (χ2n) is 7.64. The fourth-order valence-corrected chi connectivity index (χ4v) is 3.84. The van der Waals surface area contributed by atoms with E-state index in [-0.39, 0.29) is 24.3 Å². The highest BCUT2D eigenvalue weighted by Crippen LogP contribution is 2.22. The van der Waals surface area contributed by atoms with Gasteiger partial charge in [-0.2, -0.15) is 0 Å². The van der Waals surface area contributed by atoms with Crippen LogP contribution in [0.25, 0.3) is 0 Å². The number of hydrogen-bond acceptors (Lipinski definition) is 5. The third-order valence-electron chi connectivity index (χ3n) is 5.36. The molecule has 158 valence electrons. The molecule has 1 saturated heterocycles. The van der Waals surface area contributed by atoms with Gasteiger partial charge in [-0.1, -0.05) is 19.4 Å². The Hall–Kier alpha value is -2.57. The first-order valence-corrected chi connectivity index (χ1v) is 10.6. The van der Waals surface area contributed by atoms with Gasteiger partial charge in [-0.15, -0.1) is 0 Å². The van der Waals surface area contributed by atoms with Crippen molar-refractivity contribution in [1.29, 1.82) is 0 Å². The monoisotopic (exact) mass is 402 g/mol. The zero-order valence-electron chi connectivity index (χ0n) is 17.0. The zero-order valence-corrected chi connectivity index (χ0v) is 17.0. The van der Waals surface area contributed by atoms with E-state index in [1.807, 2.05) is 6.92 Å². The fourth-order valence-electron chi connectivity index (χ4n) is 3.84. The molecule has 1 aromatic carbocycles. The van der Waals surface area contributed by atoms with Crippen molar-refractivity contribution in [2.24, 2.45) is 0 Å². The molecule has 1 aromatic rings. The molecule has 2 amide bonds. The minimum Gasteiger partial charge on any atom is -0.494 e. The lowest BCUT2D eigenvalue weighted by Gasteiger charge is -2.35. The largest absolute Gasteiger partial charge is 0.494 e. The van der Waals surface area contributed by atoms with Gasteiger partial charge in [0.05, 0.1) is 13.0 Å². The highest BCUT2D eigenvalue weighted by atomic mass is 16.5. The van der Waals surface area contributed by atoms with Crippen LogP contribution in [0.4, 0.5) is 0 Å². The van der Waals surface area contributed by atoms with Gasteiger partial charge in [0.25, 0.3) is 5.91 Å². The van der Waals surface area contributed by atoms with Crippen LogP contribution in [0.5, 0.6) is 5.75 Å². The van der Waals surface area contributed by atoms with E-state index in [1.165, 1.54) is 11.3 Å². The molecule has 0 aromatic heterocycles. The molecule has 0 radical (unpaired) electrons. The molecular weight excluding hydrogens is 372 g/mol. The second kappa shape index (κ2) is 10.3. The van der Waals surface area contributed by atoms with Crippen molar-refractivity contribution in [3.8, 4) is 5.75 Å². The van der Waals surface area contributed by atoms with Gasteiger partial charge >= 0.3 is 5.97 Å². The number of carbonyl (C=O) groups excluding carboxylic acids is 3. The van der Waals surface area contributed by atoms with Crippen LogP contribution < -0.4 is 10.1 Å². The van der Waals surface area contributed by atoms with Gasteiger partial charge in [-0.3, -0.25) is 14.4 Å². The van der Waals surface area contributed by atoms with Crippen molar-refractivity contribution in [3.63, 3.8) is 0 Å². The van der Waals surface area contributed by atoms with Crippen molar-refractivity contribution < 1.29 is 23.9 Å². The highest BCUT2D eigenvalue weighted by Gasteiger charge is 2.36. The minimum absolute atomic E-state index is 0.0700. The molecule has 1 saturated carbocycles. The normalized spacial score (nSPS) is 20.1. The molecule has 2 fully saturated rings. The molecule has 1 heterocycles. The Labute approximate surface area is 171 Å². The van der Waals surface area contributed by atoms with Crippen LogP contribution >= 0.6 is 0 Å². The number of carbonyl (C=O) groups is 3. The summed E-state index contributed by atoms with van der Waals surface area (Å²) >= 11 is 0. The summed E-state index contributed by atoms with van der Waals surface area (Å²) in [6, 6.07) is 6.09. The number of benzene rings is 1. The molecule has 1 aliphatic carbocycles. The van der Waals surface area contributed by atoms with Gasteiger partial charge in [0.1, 0.15) is 17.9 Å². The Morgan fingerprint density at radius 3 is 2.76 bits per heavy atom. The number of rotatable bonds is 7. The van der Waals surface area contributed by atoms with Crippen molar-refractivity contribution in [3.05, 3.63) is 29.8 Å². The van der Waals surface area contributed by atoms with Crippen molar-refractivity contribution >= 4 is 17.8 Å². The molecule has 29 heavy (non-hydrogen) atoms. The zero-order chi connectivity index (χ0) is 20.6. The smallest absolute Gasteiger partial charge is 0.308 e. The Morgan fingerprint density at radius 2 is 2.00 bits per heavy atom. The van der Waals surface area contributed by atoms with Gasteiger partial charge in [0.15, 0.2) is 0 Å². The third kappa shape index (κ3) is 5.71. The minimum atomic E-state index is -0.854. The van der Waals surface area contributed by atoms with Crippen LogP contribution in [-0.2, 0) is 14.3 Å². The summed E-state index contributed by atoms with van der Waals surface area (Å²) < 4.78 is 11.2. The summed E-state index contributed by atoms with van der Waals surface area (Å²) in [6.45, 7) is 3.30. The standard InChI is InChI=1S/C22H30N2O5/c1-2-13-28-18-10-6-7-16(14-18)22(27)24-12-11-23-21(26)19(24)15-20(25)29-17-8-4-3-5-9-17/h6-7,10,14,17,19H,2-5,8-9,11-13,15H2,1H3,(H,23,26). The van der Waals surface area contributed by atoms with Crippen molar-refractivity contribution in [1.82, 2.24) is 10.2 Å². The molecule has 0 bridgehead atoms. The summed E-state index contributed by atoms with van der Waals surface area (Å²) in [5, 5.41) is 2.75. The van der Waals surface area contributed by atoms with Gasteiger partial charge in [0, 0.05) is 18.7 Å². The molecule has 1 unspecified atom stereocenters. The van der Waals surface area contributed by atoms with Crippen LogP contribution in [0.1, 0.15) is 62.2 Å². The maximum atomic E-state index is 13.1. The number of piperazine rings is 1. The second-order valence-corrected chi connectivity index (χ2v) is 7.64. The quantitative estimate of drug-likeness (QED) is 0.709. The summed E-state index contributed by atoms with van der Waals surface area (Å²) in [4.78, 5) is 39.4. The summed E-state index contributed by atoms with van der Waals surface area (Å²) in [7, 11) is 0. The first-order valence-electron chi connectivity index (χ1n) is 10.6. The van der Waals surface area contributed by atoms with E-state index in [0.29, 0.717) is 31.0 Å². The van der Waals surface area contributed by atoms with Gasteiger partial charge in [-0.25, -0.2) is 0 Å². The maximum Gasteiger partial charge on any atom is 0.308 e. The predicted molar refractivity (Wildman–Crippen MR) is 108 cm³/mol. The number of esters is 1. The van der Waals surface area contributed by atoms with E-state index in [0.717, 1.165) is 32.1 Å². The van der Waals surface area contributed by atoms with E-state index >= 15 is 0 Å². The number of ether oxygens (including phenoxy) is 2. The number of amides is 2. The Bertz CT molecular complexity index is 730. The Balaban J connectivity index is 1.67. The lowest BCUT2D eigenvalue weighted by molar-refractivity contribution is -0.153. The van der Waals surface area contributed by atoms with E-state index in [2.05, 4.69) is 5.32 Å². The van der Waals surface area contributed by atoms with Gasteiger partial charge < -0.3 is 19.7 Å². The molecule has 7 nitrogen and oxygen atoms in total. The Morgan fingerprint density at radius 1 is 1.21 bits per heavy atom. The highest BCUT2D eigenvalue weighted by molar-refractivity contribution is 5.99. The lowest BCUT2D eigenvalue weighted by atomic mass is 9.98. The molecule has 3 rings (SSSR count). The third-order valence-corrected chi connectivity index (χ3v) is 5.36. The Kier molecular flexibility index (Phi) is 7.49. The SMILES string of the molecule is CCCOc1cccc(C(=O)N2CCNC(=O)C2CC(=O)OC2CCCCC2)c1. The van der Waals surface area contributed by atoms with E-state index in [1.54, 1.807) is 24.3 Å². The average Bonchev–Trinajstić information content (AvgIpc) is 2.74. The van der Waals surface area contributed by atoms with Crippen LogP contribution in [-0.4, -0.2) is 54.5 Å². The molecule has 1 atom stereocenters. The molecule has 0 spiro atoms. The first kappa shape index (κ1) is 21.1. The van der Waals surface area contributed by atoms with Crippen molar-refractivity contribution in [2.75, 3.05) is 19.7 Å². The van der Waals surface area contributed by atoms with Crippen LogP contribution in [0.2, 0.25) is 0 Å². The number of hydrogen-bond donors (Lipinski definition) is 1. The summed E-state index contributed by atoms with van der Waals surface area (Å²) in [5.41, 5.74) is 0.443. The molecular formula is C22H30N2O5.